The minimum absolute atomic E-state index is 0.165. The zero-order valence-electron chi connectivity index (χ0n) is 22.7. The first-order valence-corrected chi connectivity index (χ1v) is 12.9. The number of likely N-dealkylation sites (tertiary alicyclic amines) is 1. The number of halogens is 2. The number of anilines is 1. The molecule has 0 spiro atoms. The van der Waals surface area contributed by atoms with E-state index in [1.807, 2.05) is 26.0 Å². The lowest BCUT2D eigenvalue weighted by molar-refractivity contribution is -0.125. The van der Waals surface area contributed by atoms with E-state index < -0.39 is 5.92 Å². The summed E-state index contributed by atoms with van der Waals surface area (Å²) in [4.78, 5) is 15.5. The lowest BCUT2D eigenvalue weighted by Crippen LogP contribution is -2.55. The highest BCUT2D eigenvalue weighted by Crippen LogP contribution is 2.34. The van der Waals surface area contributed by atoms with Crippen LogP contribution in [-0.2, 0) is 9.53 Å². The Labute approximate surface area is 223 Å². The number of aromatic hydroxyl groups is 1. The molecule has 7 N–H and O–H groups in total. The molecule has 0 unspecified atom stereocenters. The summed E-state index contributed by atoms with van der Waals surface area (Å²) in [6, 6.07) is 7.03. The summed E-state index contributed by atoms with van der Waals surface area (Å²) in [7, 11) is 1.52. The van der Waals surface area contributed by atoms with Gasteiger partial charge in [-0.05, 0) is 43.5 Å². The van der Waals surface area contributed by atoms with E-state index in [1.165, 1.54) is 18.8 Å². The highest BCUT2D eigenvalue weighted by atomic mass is 19.3. The number of nitrogens with one attached hydrogen (secondary N) is 2. The minimum atomic E-state index is -2.53. The van der Waals surface area contributed by atoms with Crippen molar-refractivity contribution in [3.63, 3.8) is 0 Å². The monoisotopic (exact) mass is 533 g/mol. The predicted molar refractivity (Wildman–Crippen MR) is 149 cm³/mol. The number of alkyl halides is 2. The third-order valence-corrected chi connectivity index (χ3v) is 6.30. The highest BCUT2D eigenvalue weighted by molar-refractivity contribution is 5.87. The van der Waals surface area contributed by atoms with E-state index in [-0.39, 0.29) is 24.7 Å². The first-order valence-electron chi connectivity index (χ1n) is 12.9. The van der Waals surface area contributed by atoms with Gasteiger partial charge in [0.2, 0.25) is 5.91 Å². The number of benzene rings is 1. The molecule has 8 nitrogen and oxygen atoms in total. The van der Waals surface area contributed by atoms with E-state index in [9.17, 15) is 18.7 Å². The number of aromatic amines is 1. The second kappa shape index (κ2) is 14.5. The van der Waals surface area contributed by atoms with Gasteiger partial charge in [0.25, 0.3) is 5.92 Å². The number of H-pyrrole nitrogens is 1. The van der Waals surface area contributed by atoms with Crippen LogP contribution in [0, 0.1) is 6.92 Å². The summed E-state index contributed by atoms with van der Waals surface area (Å²) >= 11 is 0. The van der Waals surface area contributed by atoms with E-state index in [0.29, 0.717) is 29.5 Å². The van der Waals surface area contributed by atoms with E-state index in [2.05, 4.69) is 17.2 Å². The Morgan fingerprint density at radius 3 is 2.47 bits per heavy atom. The topological polar surface area (TPSA) is 130 Å². The molecule has 4 rings (SSSR count). The van der Waals surface area contributed by atoms with Crippen LogP contribution >= 0.6 is 0 Å². The zero-order chi connectivity index (χ0) is 28.3. The summed E-state index contributed by atoms with van der Waals surface area (Å²) < 4.78 is 30.0. The molecule has 2 aliphatic heterocycles. The van der Waals surface area contributed by atoms with Gasteiger partial charge in [-0.15, -0.1) is 0 Å². The summed E-state index contributed by atoms with van der Waals surface area (Å²) in [5, 5.41) is 12.3. The fourth-order valence-corrected chi connectivity index (χ4v) is 4.31. The largest absolute Gasteiger partial charge is 0.507 e. The van der Waals surface area contributed by atoms with Crippen molar-refractivity contribution in [2.75, 3.05) is 45.6 Å². The maximum Gasteiger partial charge on any atom is 0.272 e. The Balaban J connectivity index is 0.000000288. The van der Waals surface area contributed by atoms with Gasteiger partial charge in [-0.3, -0.25) is 9.69 Å². The highest BCUT2D eigenvalue weighted by Gasteiger charge is 2.42. The quantitative estimate of drug-likeness (QED) is 0.354. The van der Waals surface area contributed by atoms with Crippen molar-refractivity contribution >= 4 is 23.5 Å². The van der Waals surface area contributed by atoms with Crippen LogP contribution < -0.4 is 16.8 Å². The SMILES string of the molecule is CC.CNC(=O)/C=C/CN1CC(F)(F)C1.Cc1c(C2CCOCC2)[nH]c(N)c1/C=C(\N)c1ccccc1O. The number of carbonyl (C=O) groups is 1. The van der Waals surface area contributed by atoms with Crippen molar-refractivity contribution in [3.8, 4) is 5.75 Å². The normalized spacial score (nSPS) is 17.6. The van der Waals surface area contributed by atoms with E-state index in [0.717, 1.165) is 37.2 Å². The van der Waals surface area contributed by atoms with Crippen LogP contribution in [0.1, 0.15) is 55.0 Å². The second-order valence-corrected chi connectivity index (χ2v) is 9.04. The third kappa shape index (κ3) is 8.59. The van der Waals surface area contributed by atoms with Crippen molar-refractivity contribution in [1.82, 2.24) is 15.2 Å². The third-order valence-electron chi connectivity index (χ3n) is 6.30. The number of phenols is 1. The zero-order valence-corrected chi connectivity index (χ0v) is 22.7. The number of rotatable bonds is 6. The summed E-state index contributed by atoms with van der Waals surface area (Å²) in [6.45, 7) is 7.63. The number of amides is 1. The lowest BCUT2D eigenvalue weighted by Gasteiger charge is -2.37. The number of phenolic OH excluding ortho intramolecular Hbond substituents is 1. The van der Waals surface area contributed by atoms with Gasteiger partial charge in [0, 0.05) is 61.3 Å². The molecule has 1 amide bonds. The number of hydrogen-bond acceptors (Lipinski definition) is 6. The van der Waals surface area contributed by atoms with Crippen LogP contribution in [0.2, 0.25) is 0 Å². The van der Waals surface area contributed by atoms with Crippen LogP contribution in [0.3, 0.4) is 0 Å². The number of nitrogens with zero attached hydrogens (tertiary/aromatic N) is 1. The van der Waals surface area contributed by atoms with Crippen molar-refractivity contribution in [3.05, 3.63) is 58.8 Å². The van der Waals surface area contributed by atoms with E-state index >= 15 is 0 Å². The average Bonchev–Trinajstić information content (AvgIpc) is 3.18. The number of nitrogens with two attached hydrogens (primary N) is 2. The lowest BCUT2D eigenvalue weighted by atomic mass is 9.93. The molecule has 10 heteroatoms. The Bertz CT molecular complexity index is 1100. The van der Waals surface area contributed by atoms with Crippen LogP contribution in [0.5, 0.6) is 5.75 Å². The van der Waals surface area contributed by atoms with Gasteiger partial charge in [-0.2, -0.15) is 0 Å². The molecule has 2 fully saturated rings. The number of nitrogen functional groups attached to an aromatic ring is 1. The average molecular weight is 534 g/mol. The van der Waals surface area contributed by atoms with Gasteiger partial charge in [-0.25, -0.2) is 8.78 Å². The predicted octanol–water partition coefficient (Wildman–Crippen LogP) is 4.23. The molecule has 210 valence electrons. The number of ether oxygens (including phenoxy) is 1. The van der Waals surface area contributed by atoms with Gasteiger partial charge in [0.1, 0.15) is 11.6 Å². The number of hydrogen-bond donors (Lipinski definition) is 5. The molecule has 1 aromatic heterocycles. The first-order chi connectivity index (χ1) is 18.1. The Hall–Kier alpha value is -3.37. The first kappa shape index (κ1) is 30.9. The molecule has 3 heterocycles. The Kier molecular flexibility index (Phi) is 11.8. The van der Waals surface area contributed by atoms with Gasteiger partial charge in [-0.1, -0.05) is 32.1 Å². The van der Waals surface area contributed by atoms with Gasteiger partial charge in [0.05, 0.1) is 13.1 Å². The van der Waals surface area contributed by atoms with Gasteiger partial charge in [0.15, 0.2) is 0 Å². The smallest absolute Gasteiger partial charge is 0.272 e. The van der Waals surface area contributed by atoms with Crippen molar-refractivity contribution in [2.24, 2.45) is 5.73 Å². The Morgan fingerprint density at radius 2 is 1.89 bits per heavy atom. The number of carbonyl (C=O) groups excluding carboxylic acids is 1. The number of para-hydroxylation sites is 1. The molecular formula is C28H41F2N5O3. The summed E-state index contributed by atoms with van der Waals surface area (Å²) in [5.74, 6) is -1.52. The van der Waals surface area contributed by atoms with Crippen molar-refractivity contribution in [2.45, 2.75) is 45.5 Å². The molecule has 0 saturated carbocycles. The van der Waals surface area contributed by atoms with E-state index in [4.69, 9.17) is 16.2 Å². The van der Waals surface area contributed by atoms with Crippen LogP contribution in [0.25, 0.3) is 11.8 Å². The molecule has 0 bridgehead atoms. The Morgan fingerprint density at radius 1 is 1.26 bits per heavy atom. The second-order valence-electron chi connectivity index (χ2n) is 9.04. The van der Waals surface area contributed by atoms with E-state index in [1.54, 1.807) is 29.2 Å². The van der Waals surface area contributed by atoms with Crippen LogP contribution in [0.4, 0.5) is 14.6 Å². The molecule has 0 aliphatic carbocycles. The van der Waals surface area contributed by atoms with Crippen LogP contribution in [-0.4, -0.2) is 66.7 Å². The molecule has 2 saturated heterocycles. The van der Waals surface area contributed by atoms with Crippen molar-refractivity contribution in [1.29, 1.82) is 0 Å². The van der Waals surface area contributed by atoms with Gasteiger partial charge >= 0.3 is 0 Å². The summed E-state index contributed by atoms with van der Waals surface area (Å²) in [5.41, 5.74) is 16.6. The summed E-state index contributed by atoms with van der Waals surface area (Å²) in [6.07, 6.45) is 6.75. The maximum absolute atomic E-state index is 12.3. The molecule has 1 aromatic carbocycles. The fourth-order valence-electron chi connectivity index (χ4n) is 4.31. The molecule has 2 aliphatic rings. The molecule has 38 heavy (non-hydrogen) atoms. The standard InChI is InChI=1S/C18H23N3O2.C8H12F2N2O.C2H6/c1-11-14(10-15(19)13-4-2-3-5-16(13)22)18(20)21-17(11)12-6-8-23-9-7-12;1-11-7(13)3-2-4-12-5-8(9,10)6-12;1-2/h2-5,10,12,21-22H,6-9,19-20H2,1H3;2-3H,4-6H2,1H3,(H,11,13);1-2H3/b15-10-;3-2+;. The fraction of sp³-hybridized carbons (Fsp3) is 0.464. The number of aromatic nitrogens is 1. The number of likely N-dealkylation sites (N-methyl/N-ethyl adjacent to an activating group) is 1. The van der Waals surface area contributed by atoms with Crippen LogP contribution in [0.15, 0.2) is 36.4 Å². The minimum Gasteiger partial charge on any atom is -0.507 e. The molecule has 0 atom stereocenters. The molecule has 2 aromatic rings. The van der Waals surface area contributed by atoms with Gasteiger partial charge < -0.3 is 31.6 Å². The molecule has 0 radical (unpaired) electrons. The van der Waals surface area contributed by atoms with Crippen molar-refractivity contribution < 1.29 is 23.4 Å². The molecular weight excluding hydrogens is 492 g/mol. The maximum atomic E-state index is 12.3.